The van der Waals surface area contributed by atoms with Gasteiger partial charge in [-0.25, -0.2) is 0 Å². The Labute approximate surface area is 362 Å². The molecule has 12 rings (SSSR count). The zero-order valence-electron chi connectivity index (χ0n) is 34.2. The number of benzene rings is 12. The predicted molar refractivity (Wildman–Crippen MR) is 263 cm³/mol. The van der Waals surface area contributed by atoms with E-state index in [9.17, 15) is 0 Å². The standard InChI is InChI=1S/C62H42/c1-7-31-49-43(19-1)25-13-37-55(49)61(56-38-14-26-44-20-2-8-32-50(44)56,57-39-15-27-45-21-3-9-33-51(45)57)62(58-40-16-28-46-22-4-10-34-52(46)58,59-41-17-29-47-23-5-11-35-53(47)59)60-42-18-30-48-24-6-12-36-54(48)60/h1-42H. The zero-order chi connectivity index (χ0) is 41.1. The third-order valence-corrected chi connectivity index (χ3v) is 13.7. The van der Waals surface area contributed by atoms with Crippen molar-refractivity contribution in [1.82, 2.24) is 0 Å². The highest BCUT2D eigenvalue weighted by Gasteiger charge is 2.60. The van der Waals surface area contributed by atoms with Crippen LogP contribution in [0, 0.1) is 0 Å². The number of hydrogen-bond donors (Lipinski definition) is 0. The highest BCUT2D eigenvalue weighted by Crippen LogP contribution is 2.65. The fourth-order valence-corrected chi connectivity index (χ4v) is 11.4. The lowest BCUT2D eigenvalue weighted by Crippen LogP contribution is -2.53. The molecule has 0 spiro atoms. The highest BCUT2D eigenvalue weighted by molar-refractivity contribution is 6.03. The Morgan fingerprint density at radius 1 is 0.145 bits per heavy atom. The van der Waals surface area contributed by atoms with E-state index in [1.165, 1.54) is 98.0 Å². The van der Waals surface area contributed by atoms with Crippen LogP contribution in [0.4, 0.5) is 0 Å². The van der Waals surface area contributed by atoms with Crippen molar-refractivity contribution in [2.45, 2.75) is 10.8 Å². The third kappa shape index (κ3) is 5.14. The van der Waals surface area contributed by atoms with E-state index < -0.39 is 10.8 Å². The molecule has 0 aliphatic carbocycles. The van der Waals surface area contributed by atoms with Gasteiger partial charge in [-0.1, -0.05) is 255 Å². The summed E-state index contributed by atoms with van der Waals surface area (Å²) >= 11 is 0. The molecule has 0 aliphatic rings. The van der Waals surface area contributed by atoms with Crippen LogP contribution in [-0.2, 0) is 10.8 Å². The average Bonchev–Trinajstić information content (AvgIpc) is 3.35. The van der Waals surface area contributed by atoms with E-state index in [0.717, 1.165) is 0 Å². The molecule has 0 unspecified atom stereocenters. The Morgan fingerprint density at radius 2 is 0.290 bits per heavy atom. The Morgan fingerprint density at radius 3 is 0.468 bits per heavy atom. The largest absolute Gasteiger partial charge is 0.0647 e. The third-order valence-electron chi connectivity index (χ3n) is 13.7. The Balaban J connectivity index is 1.51. The Hall–Kier alpha value is -7.80. The molecule has 0 fully saturated rings. The quantitative estimate of drug-likeness (QED) is 0.141. The molecule has 0 heterocycles. The minimum atomic E-state index is -0.964. The Kier molecular flexibility index (Phi) is 8.40. The molecule has 0 aromatic heterocycles. The van der Waals surface area contributed by atoms with Gasteiger partial charge >= 0.3 is 0 Å². The molecule has 0 saturated carbocycles. The molecule has 0 nitrogen and oxygen atoms in total. The van der Waals surface area contributed by atoms with Crippen molar-refractivity contribution in [2.24, 2.45) is 0 Å². The van der Waals surface area contributed by atoms with Crippen LogP contribution in [0.5, 0.6) is 0 Å². The van der Waals surface area contributed by atoms with Crippen molar-refractivity contribution < 1.29 is 0 Å². The van der Waals surface area contributed by atoms with E-state index in [0.29, 0.717) is 0 Å². The molecule has 0 saturated heterocycles. The van der Waals surface area contributed by atoms with Crippen LogP contribution in [0.3, 0.4) is 0 Å². The first-order valence-electron chi connectivity index (χ1n) is 21.7. The van der Waals surface area contributed by atoms with Crippen LogP contribution < -0.4 is 0 Å². The number of fused-ring (bicyclic) bond motifs is 6. The van der Waals surface area contributed by atoms with E-state index in [1.807, 2.05) is 0 Å². The van der Waals surface area contributed by atoms with E-state index in [-0.39, 0.29) is 0 Å². The lowest BCUT2D eigenvalue weighted by atomic mass is 9.45. The molecule has 0 heteroatoms. The van der Waals surface area contributed by atoms with E-state index in [2.05, 4.69) is 255 Å². The van der Waals surface area contributed by atoms with Crippen LogP contribution in [-0.4, -0.2) is 0 Å². The van der Waals surface area contributed by atoms with Gasteiger partial charge in [0.15, 0.2) is 0 Å². The fourth-order valence-electron chi connectivity index (χ4n) is 11.4. The van der Waals surface area contributed by atoms with E-state index in [4.69, 9.17) is 0 Å². The molecule has 0 atom stereocenters. The molecule has 62 heavy (non-hydrogen) atoms. The van der Waals surface area contributed by atoms with Crippen molar-refractivity contribution in [3.63, 3.8) is 0 Å². The summed E-state index contributed by atoms with van der Waals surface area (Å²) in [6.07, 6.45) is 0. The first-order valence-corrected chi connectivity index (χ1v) is 21.7. The first kappa shape index (κ1) is 36.1. The maximum absolute atomic E-state index is 2.45. The fraction of sp³-hybridized carbons (Fsp3) is 0.0323. The predicted octanol–water partition coefficient (Wildman–Crippen LogP) is 16.0. The lowest BCUT2D eigenvalue weighted by molar-refractivity contribution is 0.436. The van der Waals surface area contributed by atoms with Crippen LogP contribution in [0.2, 0.25) is 0 Å². The summed E-state index contributed by atoms with van der Waals surface area (Å²) in [6.45, 7) is 0. The highest BCUT2D eigenvalue weighted by atomic mass is 14.6. The van der Waals surface area contributed by atoms with Gasteiger partial charge in [0, 0.05) is 0 Å². The summed E-state index contributed by atoms with van der Waals surface area (Å²) in [7, 11) is 0. The van der Waals surface area contributed by atoms with E-state index >= 15 is 0 Å². The van der Waals surface area contributed by atoms with Gasteiger partial charge in [-0.15, -0.1) is 0 Å². The first-order chi connectivity index (χ1) is 30.8. The van der Waals surface area contributed by atoms with Gasteiger partial charge in [-0.3, -0.25) is 0 Å². The van der Waals surface area contributed by atoms with Gasteiger partial charge in [-0.2, -0.15) is 0 Å². The normalized spacial score (nSPS) is 12.2. The average molecular weight is 787 g/mol. The minimum Gasteiger partial charge on any atom is -0.0616 e. The van der Waals surface area contributed by atoms with Gasteiger partial charge in [0.05, 0.1) is 10.8 Å². The van der Waals surface area contributed by atoms with Crippen molar-refractivity contribution in [3.05, 3.63) is 288 Å². The molecular weight excluding hydrogens is 745 g/mol. The summed E-state index contributed by atoms with van der Waals surface area (Å²) in [5.41, 5.74) is 5.56. The topological polar surface area (TPSA) is 0 Å². The molecule has 290 valence electrons. The second-order valence-corrected chi connectivity index (χ2v) is 16.7. The van der Waals surface area contributed by atoms with Gasteiger partial charge in [0.25, 0.3) is 0 Å². The molecular formula is C62H42. The Bertz CT molecular complexity index is 3010. The summed E-state index contributed by atoms with van der Waals surface area (Å²) in [6, 6.07) is 96.4. The zero-order valence-corrected chi connectivity index (χ0v) is 34.2. The summed E-state index contributed by atoms with van der Waals surface area (Å²) in [4.78, 5) is 0. The molecule has 0 amide bonds. The van der Waals surface area contributed by atoms with Gasteiger partial charge in [0.2, 0.25) is 0 Å². The van der Waals surface area contributed by atoms with E-state index in [1.54, 1.807) is 0 Å². The monoisotopic (exact) mass is 786 g/mol. The van der Waals surface area contributed by atoms with Crippen LogP contribution in [0.15, 0.2) is 255 Å². The maximum Gasteiger partial charge on any atom is 0.0647 e. The number of hydrogen-bond acceptors (Lipinski definition) is 0. The van der Waals surface area contributed by atoms with Gasteiger partial charge in [0.1, 0.15) is 0 Å². The summed E-state index contributed by atoms with van der Waals surface area (Å²) in [5, 5.41) is 14.6. The minimum absolute atomic E-state index is 0.964. The van der Waals surface area contributed by atoms with Crippen molar-refractivity contribution in [1.29, 1.82) is 0 Å². The summed E-state index contributed by atoms with van der Waals surface area (Å²) < 4.78 is 0. The molecule has 12 aromatic rings. The van der Waals surface area contributed by atoms with Gasteiger partial charge < -0.3 is 0 Å². The van der Waals surface area contributed by atoms with Crippen molar-refractivity contribution in [3.8, 4) is 0 Å². The molecule has 12 aromatic carbocycles. The second-order valence-electron chi connectivity index (χ2n) is 16.7. The van der Waals surface area contributed by atoms with Crippen molar-refractivity contribution in [2.75, 3.05) is 0 Å². The van der Waals surface area contributed by atoms with Crippen LogP contribution in [0.1, 0.15) is 33.4 Å². The van der Waals surface area contributed by atoms with Crippen LogP contribution in [0.25, 0.3) is 64.6 Å². The smallest absolute Gasteiger partial charge is 0.0616 e. The lowest BCUT2D eigenvalue weighted by Gasteiger charge is -2.55. The molecule has 0 N–H and O–H groups in total. The molecule has 0 aliphatic heterocycles. The second kappa shape index (κ2) is 14.4. The molecule has 0 bridgehead atoms. The van der Waals surface area contributed by atoms with Crippen molar-refractivity contribution >= 4 is 64.6 Å². The molecule has 0 radical (unpaired) electrons. The summed E-state index contributed by atoms with van der Waals surface area (Å²) in [5.74, 6) is 0. The number of rotatable bonds is 7. The van der Waals surface area contributed by atoms with Crippen LogP contribution >= 0.6 is 0 Å². The van der Waals surface area contributed by atoms with Gasteiger partial charge in [-0.05, 0) is 98.0 Å². The maximum atomic E-state index is 2.45. The SMILES string of the molecule is c1ccc2c(C(c3cccc4ccccc34)(c3cccc4ccccc34)C(c3cccc4ccccc34)(c3cccc4ccccc34)c3cccc4ccccc34)cccc2c1.